The lowest BCUT2D eigenvalue weighted by molar-refractivity contribution is -0.144. The molecule has 1 heterocycles. The molecule has 0 spiro atoms. The van der Waals surface area contributed by atoms with Crippen molar-refractivity contribution >= 4 is 29.4 Å². The number of hydrogen-bond acceptors (Lipinski definition) is 3. The van der Waals surface area contributed by atoms with E-state index in [2.05, 4.69) is 0 Å². The minimum absolute atomic E-state index is 0.0741. The van der Waals surface area contributed by atoms with Gasteiger partial charge in [-0.1, -0.05) is 54.6 Å². The highest BCUT2D eigenvalue weighted by Crippen LogP contribution is 2.61. The second kappa shape index (κ2) is 12.4. The van der Waals surface area contributed by atoms with Crippen molar-refractivity contribution in [3.8, 4) is 33.8 Å². The molecule has 1 atom stereocenters. The molecule has 0 bridgehead atoms. The molecule has 4 nitrogen and oxygen atoms in total. The van der Waals surface area contributed by atoms with Crippen LogP contribution < -0.4 is 9.05 Å². The summed E-state index contributed by atoms with van der Waals surface area (Å²) in [6, 6.07) is 16.0. The van der Waals surface area contributed by atoms with Crippen molar-refractivity contribution in [3.63, 3.8) is 0 Å². The highest BCUT2D eigenvalue weighted by Gasteiger charge is 2.42. The predicted octanol–water partition coefficient (Wildman–Crippen LogP) is 12.9. The van der Waals surface area contributed by atoms with Gasteiger partial charge in [0.15, 0.2) is 0 Å². The Morgan fingerprint density at radius 2 is 1.02 bits per heavy atom. The standard InChI is InChI=1S/C37H19F12O4P/c38-34(39,40)23-10-9-20(29(17-23)37(47,48)49)12-22-11-18-5-1-3-7-26(18)30-31-27-8-4-2-6-19(27)15-28(33(31)53-54(50,51)52-32(22)30)21-13-24(35(41,42)43)16-25(14-21)36(44,45)46/h1-11,13-17H,12H2,(H,50,51). The summed E-state index contributed by atoms with van der Waals surface area (Å²) in [5.41, 5.74) is -9.09. The van der Waals surface area contributed by atoms with Gasteiger partial charge < -0.3 is 9.05 Å². The van der Waals surface area contributed by atoms with E-state index >= 15 is 0 Å². The van der Waals surface area contributed by atoms with Gasteiger partial charge in [0.2, 0.25) is 0 Å². The smallest absolute Gasteiger partial charge is 0.394 e. The number of rotatable bonds is 3. The highest BCUT2D eigenvalue weighted by molar-refractivity contribution is 7.48. The molecule has 1 unspecified atom stereocenters. The van der Waals surface area contributed by atoms with Gasteiger partial charge in [-0.05, 0) is 75.1 Å². The largest absolute Gasteiger partial charge is 0.584 e. The molecule has 54 heavy (non-hydrogen) atoms. The zero-order chi connectivity index (χ0) is 39.2. The zero-order valence-electron chi connectivity index (χ0n) is 26.6. The summed E-state index contributed by atoms with van der Waals surface area (Å²) < 4.78 is 192. The Morgan fingerprint density at radius 3 is 1.56 bits per heavy atom. The minimum Gasteiger partial charge on any atom is -0.394 e. The van der Waals surface area contributed by atoms with E-state index < -0.39 is 89.4 Å². The molecule has 1 N–H and O–H groups in total. The van der Waals surface area contributed by atoms with Crippen LogP contribution in [0.4, 0.5) is 52.7 Å². The van der Waals surface area contributed by atoms with Crippen molar-refractivity contribution in [2.45, 2.75) is 31.1 Å². The number of phosphoric ester groups is 1. The summed E-state index contributed by atoms with van der Waals surface area (Å²) in [4.78, 5) is 11.1. The second-order valence-electron chi connectivity index (χ2n) is 12.3. The fraction of sp³-hybridized carbons (Fsp3) is 0.135. The molecular formula is C37H19F12O4P. The first-order chi connectivity index (χ1) is 25.0. The molecule has 6 aromatic carbocycles. The third-order valence-corrected chi connectivity index (χ3v) is 9.59. The third kappa shape index (κ3) is 6.84. The molecule has 0 saturated carbocycles. The average Bonchev–Trinajstić information content (AvgIpc) is 3.19. The molecule has 0 fully saturated rings. The van der Waals surface area contributed by atoms with Gasteiger partial charge in [0.25, 0.3) is 0 Å². The molecule has 0 aromatic heterocycles. The van der Waals surface area contributed by atoms with Crippen LogP contribution in [0, 0.1) is 0 Å². The molecule has 0 aliphatic carbocycles. The van der Waals surface area contributed by atoms with Gasteiger partial charge in [-0.15, -0.1) is 0 Å². The van der Waals surface area contributed by atoms with Gasteiger partial charge in [-0.3, -0.25) is 4.89 Å². The Bertz CT molecular complexity index is 2500. The van der Waals surface area contributed by atoms with E-state index in [1.54, 1.807) is 0 Å². The van der Waals surface area contributed by atoms with Gasteiger partial charge in [0, 0.05) is 28.7 Å². The quantitative estimate of drug-likeness (QED) is 0.143. The lowest BCUT2D eigenvalue weighted by Crippen LogP contribution is -2.14. The summed E-state index contributed by atoms with van der Waals surface area (Å²) in [6.07, 6.45) is -21.8. The highest BCUT2D eigenvalue weighted by atomic mass is 31.2. The number of halogens is 12. The van der Waals surface area contributed by atoms with E-state index in [1.807, 2.05) is 0 Å². The number of phosphoric acid groups is 1. The SMILES string of the molecule is O=P1(O)Oc2c(Cc3ccc(C(F)(F)F)cc3C(F)(F)F)cc3ccccc3c2-c2c(c(-c3cc(C(F)(F)F)cc(C(F)(F)F)c3)cc3ccccc23)O1. The molecule has 6 aromatic rings. The maximum atomic E-state index is 14.2. The summed E-state index contributed by atoms with van der Waals surface area (Å²) in [5.74, 6) is -1.24. The van der Waals surface area contributed by atoms with Gasteiger partial charge in [-0.25, -0.2) is 4.57 Å². The van der Waals surface area contributed by atoms with Crippen molar-refractivity contribution in [1.29, 1.82) is 0 Å². The van der Waals surface area contributed by atoms with E-state index in [0.29, 0.717) is 24.3 Å². The molecular weight excluding hydrogens is 767 g/mol. The summed E-state index contributed by atoms with van der Waals surface area (Å²) in [7, 11) is -5.51. The van der Waals surface area contributed by atoms with Crippen LogP contribution in [0.5, 0.6) is 11.5 Å². The number of benzene rings is 6. The Labute approximate surface area is 295 Å². The Balaban J connectivity index is 1.59. The second-order valence-corrected chi connectivity index (χ2v) is 13.6. The van der Waals surface area contributed by atoms with Crippen molar-refractivity contribution in [1.82, 2.24) is 0 Å². The minimum atomic E-state index is -5.51. The third-order valence-electron chi connectivity index (χ3n) is 8.77. The zero-order valence-corrected chi connectivity index (χ0v) is 27.5. The van der Waals surface area contributed by atoms with Crippen LogP contribution in [-0.4, -0.2) is 4.89 Å². The van der Waals surface area contributed by atoms with E-state index in [-0.39, 0.29) is 50.4 Å². The Hall–Kier alpha value is -5.21. The van der Waals surface area contributed by atoms with Crippen LogP contribution in [0.25, 0.3) is 43.8 Å². The van der Waals surface area contributed by atoms with Gasteiger partial charge >= 0.3 is 32.5 Å². The van der Waals surface area contributed by atoms with Crippen LogP contribution >= 0.6 is 7.82 Å². The van der Waals surface area contributed by atoms with E-state index in [9.17, 15) is 62.1 Å². The topological polar surface area (TPSA) is 55.8 Å². The molecule has 1 aliphatic rings. The van der Waals surface area contributed by atoms with Crippen molar-refractivity contribution in [2.24, 2.45) is 0 Å². The van der Waals surface area contributed by atoms with Crippen LogP contribution in [0.2, 0.25) is 0 Å². The Morgan fingerprint density at radius 1 is 0.519 bits per heavy atom. The molecule has 7 rings (SSSR count). The average molecular weight is 787 g/mol. The monoisotopic (exact) mass is 786 g/mol. The normalized spacial score (nSPS) is 16.4. The van der Waals surface area contributed by atoms with Gasteiger partial charge in [0.1, 0.15) is 11.5 Å². The lowest BCUT2D eigenvalue weighted by atomic mass is 9.86. The first kappa shape index (κ1) is 37.1. The maximum absolute atomic E-state index is 14.2. The van der Waals surface area contributed by atoms with Crippen LogP contribution in [0.15, 0.2) is 97.1 Å². The van der Waals surface area contributed by atoms with Crippen molar-refractivity contribution in [2.75, 3.05) is 0 Å². The van der Waals surface area contributed by atoms with Crippen LogP contribution in [0.1, 0.15) is 33.4 Å². The first-order valence-electron chi connectivity index (χ1n) is 15.4. The molecule has 17 heteroatoms. The van der Waals surface area contributed by atoms with Crippen LogP contribution in [0.3, 0.4) is 0 Å². The van der Waals surface area contributed by atoms with Gasteiger partial charge in [0.05, 0.1) is 22.3 Å². The summed E-state index contributed by atoms with van der Waals surface area (Å²) in [5, 5.41) is 0.842. The molecule has 280 valence electrons. The van der Waals surface area contributed by atoms with E-state index in [0.717, 1.165) is 6.07 Å². The van der Waals surface area contributed by atoms with E-state index in [4.69, 9.17) is 9.05 Å². The van der Waals surface area contributed by atoms with E-state index in [1.165, 1.54) is 54.6 Å². The maximum Gasteiger partial charge on any atom is 0.584 e. The van der Waals surface area contributed by atoms with Crippen LogP contribution in [-0.2, 0) is 35.7 Å². The number of hydrogen-bond donors (Lipinski definition) is 1. The fourth-order valence-corrected chi connectivity index (χ4v) is 7.39. The van der Waals surface area contributed by atoms with Crippen molar-refractivity contribution in [3.05, 3.63) is 130 Å². The summed E-state index contributed by atoms with van der Waals surface area (Å²) >= 11 is 0. The molecule has 1 aliphatic heterocycles. The van der Waals surface area contributed by atoms with Gasteiger partial charge in [-0.2, -0.15) is 52.7 Å². The Kier molecular flexibility index (Phi) is 8.54. The summed E-state index contributed by atoms with van der Waals surface area (Å²) in [6.45, 7) is 0. The van der Waals surface area contributed by atoms with Crippen molar-refractivity contribution < 1.29 is 71.2 Å². The molecule has 0 radical (unpaired) electrons. The predicted molar refractivity (Wildman–Crippen MR) is 173 cm³/mol. The number of alkyl halides is 12. The lowest BCUT2D eigenvalue weighted by Gasteiger charge is -2.20. The number of fused-ring (bicyclic) bond motifs is 7. The fourth-order valence-electron chi connectivity index (χ4n) is 6.49. The molecule has 0 amide bonds. The molecule has 0 saturated heterocycles. The first-order valence-corrected chi connectivity index (χ1v) is 16.9.